The molecule has 0 spiro atoms. The predicted octanol–water partition coefficient (Wildman–Crippen LogP) is 4.16. The van der Waals surface area contributed by atoms with Gasteiger partial charge in [0.05, 0.1) is 0 Å². The second kappa shape index (κ2) is 6.28. The van der Waals surface area contributed by atoms with Crippen LogP contribution < -0.4 is 0 Å². The lowest BCUT2D eigenvalue weighted by molar-refractivity contribution is 0.233. The lowest BCUT2D eigenvalue weighted by Crippen LogP contribution is -2.29. The molecule has 1 aliphatic heterocycles. The zero-order valence-corrected chi connectivity index (χ0v) is 12.5. The third kappa shape index (κ3) is 3.14. The number of nitrogens with zero attached hydrogens (tertiary/aromatic N) is 1. The Hall–Kier alpha value is -0.530. The highest BCUT2D eigenvalue weighted by Crippen LogP contribution is 2.27. The topological polar surface area (TPSA) is 3.24 Å². The Bertz CT molecular complexity index is 429. The summed E-state index contributed by atoms with van der Waals surface area (Å²) in [5.41, 5.74) is 4.70. The molecular weight excluding hydrogens is 254 g/mol. The third-order valence-electron chi connectivity index (χ3n) is 4.72. The van der Waals surface area contributed by atoms with Crippen LogP contribution >= 0.6 is 11.6 Å². The molecule has 1 fully saturated rings. The number of hydrogen-bond donors (Lipinski definition) is 0. The van der Waals surface area contributed by atoms with Crippen molar-refractivity contribution >= 4 is 11.6 Å². The number of fused-ring (bicyclic) bond motifs is 1. The van der Waals surface area contributed by atoms with Crippen LogP contribution in [0.1, 0.15) is 48.8 Å². The second-order valence-electron chi connectivity index (χ2n) is 6.05. The summed E-state index contributed by atoms with van der Waals surface area (Å²) < 4.78 is 0. The summed E-state index contributed by atoms with van der Waals surface area (Å²) in [6.45, 7) is 2.41. The van der Waals surface area contributed by atoms with E-state index in [1.165, 1.54) is 50.6 Å². The van der Waals surface area contributed by atoms with Crippen molar-refractivity contribution in [2.75, 3.05) is 12.4 Å². The van der Waals surface area contributed by atoms with Crippen molar-refractivity contribution in [1.82, 2.24) is 4.90 Å². The molecule has 1 aromatic rings. The van der Waals surface area contributed by atoms with Crippen molar-refractivity contribution in [2.45, 2.75) is 57.5 Å². The minimum absolute atomic E-state index is 0.770. The predicted molar refractivity (Wildman–Crippen MR) is 81.9 cm³/mol. The van der Waals surface area contributed by atoms with E-state index in [-0.39, 0.29) is 0 Å². The molecule has 1 atom stereocenters. The van der Waals surface area contributed by atoms with Gasteiger partial charge in [-0.05, 0) is 68.2 Å². The van der Waals surface area contributed by atoms with Crippen LogP contribution in [0.3, 0.4) is 0 Å². The Morgan fingerprint density at radius 2 is 2.05 bits per heavy atom. The molecule has 0 saturated carbocycles. The second-order valence-corrected chi connectivity index (χ2v) is 6.43. The first-order valence-corrected chi connectivity index (χ1v) is 8.31. The molecule has 1 saturated heterocycles. The SMILES string of the molecule is ClCCCC1CCCN1Cc1ccc2c(c1)CCC2. The van der Waals surface area contributed by atoms with Gasteiger partial charge in [-0.15, -0.1) is 11.6 Å². The van der Waals surface area contributed by atoms with Crippen LogP contribution in [0, 0.1) is 0 Å². The summed E-state index contributed by atoms with van der Waals surface area (Å²) in [4.78, 5) is 2.67. The van der Waals surface area contributed by atoms with Crippen molar-refractivity contribution in [3.8, 4) is 0 Å². The first-order chi connectivity index (χ1) is 9.36. The fourth-order valence-electron chi connectivity index (χ4n) is 3.70. The van der Waals surface area contributed by atoms with Gasteiger partial charge >= 0.3 is 0 Å². The van der Waals surface area contributed by atoms with E-state index in [0.717, 1.165) is 24.9 Å². The van der Waals surface area contributed by atoms with Crippen molar-refractivity contribution in [2.24, 2.45) is 0 Å². The van der Waals surface area contributed by atoms with Crippen molar-refractivity contribution in [3.63, 3.8) is 0 Å². The molecule has 1 heterocycles. The first kappa shape index (κ1) is 13.5. The van der Waals surface area contributed by atoms with E-state index in [4.69, 9.17) is 11.6 Å². The average Bonchev–Trinajstić information content (AvgIpc) is 3.05. The molecule has 1 aromatic carbocycles. The van der Waals surface area contributed by atoms with E-state index >= 15 is 0 Å². The Balaban J connectivity index is 1.64. The van der Waals surface area contributed by atoms with E-state index < -0.39 is 0 Å². The summed E-state index contributed by atoms with van der Waals surface area (Å²) in [5, 5.41) is 0. The summed E-state index contributed by atoms with van der Waals surface area (Å²) >= 11 is 5.83. The van der Waals surface area contributed by atoms with Gasteiger partial charge in [-0.25, -0.2) is 0 Å². The number of alkyl halides is 1. The molecule has 0 radical (unpaired) electrons. The molecule has 104 valence electrons. The minimum atomic E-state index is 0.770. The maximum absolute atomic E-state index is 5.83. The van der Waals surface area contributed by atoms with Gasteiger partial charge in [0, 0.05) is 18.5 Å². The van der Waals surface area contributed by atoms with Gasteiger partial charge in [0.15, 0.2) is 0 Å². The Kier molecular flexibility index (Phi) is 4.45. The molecule has 0 amide bonds. The number of likely N-dealkylation sites (tertiary alicyclic amines) is 1. The normalized spacial score (nSPS) is 22.9. The fourth-order valence-corrected chi connectivity index (χ4v) is 3.86. The molecule has 2 heteroatoms. The molecule has 1 aliphatic carbocycles. The lowest BCUT2D eigenvalue weighted by atomic mass is 10.1. The van der Waals surface area contributed by atoms with Crippen LogP contribution in [-0.2, 0) is 19.4 Å². The highest BCUT2D eigenvalue weighted by atomic mass is 35.5. The summed E-state index contributed by atoms with van der Waals surface area (Å²) in [6, 6.07) is 7.94. The van der Waals surface area contributed by atoms with E-state index in [2.05, 4.69) is 23.1 Å². The van der Waals surface area contributed by atoms with Crippen LogP contribution in [0.15, 0.2) is 18.2 Å². The van der Waals surface area contributed by atoms with Gasteiger partial charge < -0.3 is 0 Å². The smallest absolute Gasteiger partial charge is 0.0236 e. The maximum atomic E-state index is 5.83. The molecule has 2 aliphatic rings. The largest absolute Gasteiger partial charge is 0.296 e. The monoisotopic (exact) mass is 277 g/mol. The first-order valence-electron chi connectivity index (χ1n) is 7.77. The maximum Gasteiger partial charge on any atom is 0.0236 e. The van der Waals surface area contributed by atoms with Crippen LogP contribution in [0.5, 0.6) is 0 Å². The Morgan fingerprint density at radius 1 is 1.16 bits per heavy atom. The van der Waals surface area contributed by atoms with Gasteiger partial charge in [-0.3, -0.25) is 4.90 Å². The number of hydrogen-bond acceptors (Lipinski definition) is 1. The molecule has 19 heavy (non-hydrogen) atoms. The molecule has 0 bridgehead atoms. The molecule has 1 nitrogen and oxygen atoms in total. The highest BCUT2D eigenvalue weighted by molar-refractivity contribution is 6.17. The van der Waals surface area contributed by atoms with Gasteiger partial charge in [0.1, 0.15) is 0 Å². The molecular formula is C17H24ClN. The number of aryl methyl sites for hydroxylation is 2. The number of halogens is 1. The fraction of sp³-hybridized carbons (Fsp3) is 0.647. The van der Waals surface area contributed by atoms with E-state index in [1.807, 2.05) is 0 Å². The third-order valence-corrected chi connectivity index (χ3v) is 4.99. The number of rotatable bonds is 5. The van der Waals surface area contributed by atoms with Gasteiger partial charge in [-0.2, -0.15) is 0 Å². The van der Waals surface area contributed by atoms with Gasteiger partial charge in [-0.1, -0.05) is 18.2 Å². The van der Waals surface area contributed by atoms with Crippen molar-refractivity contribution in [3.05, 3.63) is 34.9 Å². The lowest BCUT2D eigenvalue weighted by Gasteiger charge is -2.24. The minimum Gasteiger partial charge on any atom is -0.296 e. The quantitative estimate of drug-likeness (QED) is 0.731. The van der Waals surface area contributed by atoms with Crippen LogP contribution in [0.4, 0.5) is 0 Å². The Labute approximate surface area is 121 Å². The van der Waals surface area contributed by atoms with E-state index in [0.29, 0.717) is 0 Å². The standard InChI is InChI=1S/C17H24ClN/c18-10-2-6-17-7-3-11-19(17)13-14-8-9-15-4-1-5-16(15)12-14/h8-9,12,17H,1-7,10-11,13H2. The summed E-state index contributed by atoms with van der Waals surface area (Å²) in [6.07, 6.45) is 9.08. The highest BCUT2D eigenvalue weighted by Gasteiger charge is 2.24. The Morgan fingerprint density at radius 3 is 2.95 bits per heavy atom. The zero-order chi connectivity index (χ0) is 13.1. The molecule has 3 rings (SSSR count). The summed E-state index contributed by atoms with van der Waals surface area (Å²) in [7, 11) is 0. The van der Waals surface area contributed by atoms with Crippen molar-refractivity contribution in [1.29, 1.82) is 0 Å². The van der Waals surface area contributed by atoms with E-state index in [1.54, 1.807) is 11.1 Å². The average molecular weight is 278 g/mol. The number of benzene rings is 1. The van der Waals surface area contributed by atoms with Gasteiger partial charge in [0.25, 0.3) is 0 Å². The van der Waals surface area contributed by atoms with Crippen LogP contribution in [0.25, 0.3) is 0 Å². The molecule has 0 N–H and O–H groups in total. The van der Waals surface area contributed by atoms with Gasteiger partial charge in [0.2, 0.25) is 0 Å². The van der Waals surface area contributed by atoms with Crippen LogP contribution in [0.2, 0.25) is 0 Å². The zero-order valence-electron chi connectivity index (χ0n) is 11.7. The van der Waals surface area contributed by atoms with Crippen molar-refractivity contribution < 1.29 is 0 Å². The molecule has 0 aromatic heterocycles. The summed E-state index contributed by atoms with van der Waals surface area (Å²) in [5.74, 6) is 0.809. The van der Waals surface area contributed by atoms with E-state index in [9.17, 15) is 0 Å². The van der Waals surface area contributed by atoms with Crippen LogP contribution in [-0.4, -0.2) is 23.4 Å². The molecule has 1 unspecified atom stereocenters.